The number of aromatic nitrogens is 4. The molecule has 2 aromatic heterocycles. The molecule has 0 aliphatic carbocycles. The van der Waals surface area contributed by atoms with Gasteiger partial charge in [-0.3, -0.25) is 9.59 Å². The predicted octanol–water partition coefficient (Wildman–Crippen LogP) is 3.02. The second-order valence-electron chi connectivity index (χ2n) is 6.06. The number of rotatable bonds is 8. The maximum Gasteiger partial charge on any atom is 0.251 e. The van der Waals surface area contributed by atoms with E-state index in [-0.39, 0.29) is 17.1 Å². The lowest BCUT2D eigenvalue weighted by Crippen LogP contribution is -2.26. The van der Waals surface area contributed by atoms with Crippen LogP contribution in [0, 0.1) is 0 Å². The highest BCUT2D eigenvalue weighted by molar-refractivity contribution is 8.00. The van der Waals surface area contributed by atoms with Crippen LogP contribution in [0.1, 0.15) is 23.1 Å². The SMILES string of the molecule is CC(Sc1nnc(CCNC(=O)c2ccc(Cl)cc2)n1C)C(=O)Nc1nccs1. The van der Waals surface area contributed by atoms with Crippen molar-refractivity contribution in [2.75, 3.05) is 11.9 Å². The standard InChI is InChI=1S/C18H19ClN6O2S2/c1-11(15(26)22-17-21-9-10-28-17)29-18-24-23-14(25(18)2)7-8-20-16(27)12-3-5-13(19)6-4-12/h3-6,9-11H,7-8H2,1-2H3,(H,20,27)(H,21,22,26). The lowest BCUT2D eigenvalue weighted by atomic mass is 10.2. The van der Waals surface area contributed by atoms with Gasteiger partial charge in [0.2, 0.25) is 5.91 Å². The molecule has 2 amide bonds. The molecule has 0 bridgehead atoms. The van der Waals surface area contributed by atoms with Gasteiger partial charge in [-0.25, -0.2) is 4.98 Å². The van der Waals surface area contributed by atoms with Crippen LogP contribution >= 0.6 is 34.7 Å². The van der Waals surface area contributed by atoms with Crippen molar-refractivity contribution in [3.05, 3.63) is 52.3 Å². The van der Waals surface area contributed by atoms with Gasteiger partial charge in [0, 0.05) is 42.2 Å². The molecule has 8 nitrogen and oxygen atoms in total. The van der Waals surface area contributed by atoms with Crippen LogP contribution in [-0.4, -0.2) is 43.4 Å². The summed E-state index contributed by atoms with van der Waals surface area (Å²) in [6.07, 6.45) is 2.15. The lowest BCUT2D eigenvalue weighted by Gasteiger charge is -2.10. The van der Waals surface area contributed by atoms with E-state index in [1.165, 1.54) is 23.1 Å². The maximum absolute atomic E-state index is 12.3. The Labute approximate surface area is 181 Å². The first-order valence-corrected chi connectivity index (χ1v) is 10.9. The number of hydrogen-bond donors (Lipinski definition) is 2. The van der Waals surface area contributed by atoms with Crippen molar-refractivity contribution in [2.24, 2.45) is 7.05 Å². The van der Waals surface area contributed by atoms with E-state index in [0.29, 0.717) is 33.8 Å². The van der Waals surface area contributed by atoms with E-state index >= 15 is 0 Å². The van der Waals surface area contributed by atoms with Crippen LogP contribution in [-0.2, 0) is 18.3 Å². The number of hydrogen-bond acceptors (Lipinski definition) is 7. The third-order valence-electron chi connectivity index (χ3n) is 3.98. The van der Waals surface area contributed by atoms with Crippen molar-refractivity contribution in [2.45, 2.75) is 23.8 Å². The highest BCUT2D eigenvalue weighted by Gasteiger charge is 2.19. The average molecular weight is 451 g/mol. The number of thioether (sulfide) groups is 1. The van der Waals surface area contributed by atoms with Crippen LogP contribution in [0.25, 0.3) is 0 Å². The van der Waals surface area contributed by atoms with Crippen LogP contribution in [0.15, 0.2) is 41.0 Å². The van der Waals surface area contributed by atoms with E-state index in [0.717, 1.165) is 5.82 Å². The molecule has 152 valence electrons. The fourth-order valence-electron chi connectivity index (χ4n) is 2.36. The van der Waals surface area contributed by atoms with Gasteiger partial charge in [-0.05, 0) is 31.2 Å². The van der Waals surface area contributed by atoms with Crippen molar-refractivity contribution in [3.8, 4) is 0 Å². The summed E-state index contributed by atoms with van der Waals surface area (Å²) in [4.78, 5) is 28.4. The molecule has 3 rings (SSSR count). The number of halogens is 1. The van der Waals surface area contributed by atoms with Gasteiger partial charge in [-0.1, -0.05) is 23.4 Å². The number of anilines is 1. The Morgan fingerprint density at radius 1 is 1.28 bits per heavy atom. The summed E-state index contributed by atoms with van der Waals surface area (Å²) in [6, 6.07) is 6.70. The molecule has 2 N–H and O–H groups in total. The maximum atomic E-state index is 12.3. The molecule has 0 fully saturated rings. The Morgan fingerprint density at radius 2 is 2.03 bits per heavy atom. The third-order valence-corrected chi connectivity index (χ3v) is 6.05. The number of carbonyl (C=O) groups excluding carboxylic acids is 2. The van der Waals surface area contributed by atoms with Gasteiger partial charge in [0.1, 0.15) is 5.82 Å². The molecule has 1 unspecified atom stereocenters. The van der Waals surface area contributed by atoms with Crippen molar-refractivity contribution in [3.63, 3.8) is 0 Å². The number of thiazole rings is 1. The molecule has 29 heavy (non-hydrogen) atoms. The highest BCUT2D eigenvalue weighted by atomic mass is 35.5. The Hall–Kier alpha value is -2.43. The van der Waals surface area contributed by atoms with Gasteiger partial charge >= 0.3 is 0 Å². The second-order valence-corrected chi connectivity index (χ2v) is 8.70. The fraction of sp³-hybridized carbons (Fsp3) is 0.278. The van der Waals surface area contributed by atoms with Crippen LogP contribution in [0.3, 0.4) is 0 Å². The van der Waals surface area contributed by atoms with Gasteiger partial charge in [-0.2, -0.15) is 0 Å². The third kappa shape index (κ3) is 5.78. The van der Waals surface area contributed by atoms with E-state index in [4.69, 9.17) is 11.6 Å². The molecule has 0 spiro atoms. The van der Waals surface area contributed by atoms with Crippen LogP contribution in [0.4, 0.5) is 5.13 Å². The minimum absolute atomic E-state index is 0.148. The molecule has 0 saturated heterocycles. The topological polar surface area (TPSA) is 102 Å². The largest absolute Gasteiger partial charge is 0.352 e. The van der Waals surface area contributed by atoms with E-state index in [1.54, 1.807) is 42.8 Å². The summed E-state index contributed by atoms with van der Waals surface area (Å²) in [5.74, 6) is 0.395. The summed E-state index contributed by atoms with van der Waals surface area (Å²) in [5.41, 5.74) is 0.545. The summed E-state index contributed by atoms with van der Waals surface area (Å²) in [7, 11) is 1.84. The fourth-order valence-corrected chi connectivity index (χ4v) is 3.85. The predicted molar refractivity (Wildman–Crippen MR) is 115 cm³/mol. The van der Waals surface area contributed by atoms with Gasteiger partial charge in [0.05, 0.1) is 5.25 Å². The highest BCUT2D eigenvalue weighted by Crippen LogP contribution is 2.23. The first kappa shape index (κ1) is 21.3. The van der Waals surface area contributed by atoms with E-state index in [9.17, 15) is 9.59 Å². The summed E-state index contributed by atoms with van der Waals surface area (Å²) in [5, 5.41) is 17.2. The molecule has 1 atom stereocenters. The van der Waals surface area contributed by atoms with Crippen molar-refractivity contribution < 1.29 is 9.59 Å². The quantitative estimate of drug-likeness (QED) is 0.511. The molecule has 0 saturated carbocycles. The molecule has 0 aliphatic heterocycles. The minimum Gasteiger partial charge on any atom is -0.352 e. The van der Waals surface area contributed by atoms with Crippen molar-refractivity contribution >= 4 is 51.6 Å². The monoisotopic (exact) mass is 450 g/mol. The molecule has 1 aromatic carbocycles. The number of benzene rings is 1. The molecule has 11 heteroatoms. The van der Waals surface area contributed by atoms with E-state index in [1.807, 2.05) is 11.6 Å². The van der Waals surface area contributed by atoms with E-state index in [2.05, 4.69) is 25.8 Å². The Balaban J connectivity index is 1.50. The van der Waals surface area contributed by atoms with Crippen LogP contribution in [0.2, 0.25) is 5.02 Å². The van der Waals surface area contributed by atoms with Crippen molar-refractivity contribution in [1.82, 2.24) is 25.1 Å². The van der Waals surface area contributed by atoms with Crippen LogP contribution < -0.4 is 10.6 Å². The summed E-state index contributed by atoms with van der Waals surface area (Å²) < 4.78 is 1.83. The Bertz CT molecular complexity index is 975. The molecule has 2 heterocycles. The number of amides is 2. The molecule has 0 aliphatic rings. The zero-order chi connectivity index (χ0) is 20.8. The first-order chi connectivity index (χ1) is 13.9. The molecular formula is C18H19ClN6O2S2. The number of nitrogens with zero attached hydrogens (tertiary/aromatic N) is 4. The van der Waals surface area contributed by atoms with Crippen LogP contribution in [0.5, 0.6) is 0 Å². The minimum atomic E-state index is -0.362. The zero-order valence-corrected chi connectivity index (χ0v) is 18.1. The van der Waals surface area contributed by atoms with Crippen molar-refractivity contribution in [1.29, 1.82) is 0 Å². The Kier molecular flexibility index (Phi) is 7.24. The lowest BCUT2D eigenvalue weighted by molar-refractivity contribution is -0.115. The number of nitrogens with one attached hydrogen (secondary N) is 2. The molecule has 3 aromatic rings. The van der Waals surface area contributed by atoms with Gasteiger partial charge in [0.15, 0.2) is 10.3 Å². The van der Waals surface area contributed by atoms with Gasteiger partial charge < -0.3 is 15.2 Å². The molecular weight excluding hydrogens is 432 g/mol. The normalized spacial score (nSPS) is 11.8. The Morgan fingerprint density at radius 3 is 2.72 bits per heavy atom. The first-order valence-electron chi connectivity index (χ1n) is 8.73. The van der Waals surface area contributed by atoms with E-state index < -0.39 is 0 Å². The van der Waals surface area contributed by atoms with Gasteiger partial charge in [0.25, 0.3) is 5.91 Å². The van der Waals surface area contributed by atoms with Gasteiger partial charge in [-0.15, -0.1) is 21.5 Å². The second kappa shape index (κ2) is 9.86. The summed E-state index contributed by atoms with van der Waals surface area (Å²) >= 11 is 8.51. The number of carbonyl (C=O) groups is 2. The summed E-state index contributed by atoms with van der Waals surface area (Å²) in [6.45, 7) is 2.21. The molecule has 0 radical (unpaired) electrons. The average Bonchev–Trinajstić information content (AvgIpc) is 3.33. The zero-order valence-electron chi connectivity index (χ0n) is 15.8. The smallest absolute Gasteiger partial charge is 0.251 e.